The Labute approximate surface area is 98.7 Å². The molecule has 0 aliphatic rings. The molecule has 0 N–H and O–H groups in total. The van der Waals surface area contributed by atoms with Crippen LogP contribution in [0.25, 0.3) is 0 Å². The van der Waals surface area contributed by atoms with Crippen LogP contribution in [-0.2, 0) is 11.8 Å². The minimum atomic E-state index is -0.150. The monoisotopic (exact) mass is 224 g/mol. The van der Waals surface area contributed by atoms with Crippen LogP contribution in [0, 0.1) is 0 Å². The Morgan fingerprint density at radius 3 is 1.73 bits per heavy atom. The van der Waals surface area contributed by atoms with Crippen LogP contribution < -0.4 is 0 Å². The molecule has 0 spiro atoms. The van der Waals surface area contributed by atoms with Crippen molar-refractivity contribution in [2.75, 3.05) is 0 Å². The topological polar surface area (TPSA) is 0 Å². The number of hydrogen-bond donors (Lipinski definition) is 0. The molecule has 0 fully saturated rings. The first-order valence-corrected chi connectivity index (χ1v) is 5.85. The van der Waals surface area contributed by atoms with E-state index in [4.69, 9.17) is 11.6 Å². The summed E-state index contributed by atoms with van der Waals surface area (Å²) in [5.74, 6) is 0. The fraction of sp³-hybridized carbons (Fsp3) is 0.571. The highest BCUT2D eigenvalue weighted by Crippen LogP contribution is 2.24. The lowest BCUT2D eigenvalue weighted by molar-refractivity contribution is 0.589. The molecule has 0 saturated carbocycles. The predicted molar refractivity (Wildman–Crippen MR) is 68.8 cm³/mol. The van der Waals surface area contributed by atoms with Crippen molar-refractivity contribution in [2.24, 2.45) is 0 Å². The van der Waals surface area contributed by atoms with Gasteiger partial charge in [0.15, 0.2) is 0 Å². The van der Waals surface area contributed by atoms with Crippen molar-refractivity contribution in [3.8, 4) is 0 Å². The lowest BCUT2D eigenvalue weighted by atomic mass is 9.86. The van der Waals surface area contributed by atoms with E-state index in [1.54, 1.807) is 0 Å². The first-order chi connectivity index (χ1) is 6.68. The molecular weight excluding hydrogens is 204 g/mol. The van der Waals surface area contributed by atoms with Gasteiger partial charge in [0.05, 0.1) is 0 Å². The Bertz CT molecular complexity index is 309. The van der Waals surface area contributed by atoms with Crippen LogP contribution in [0.2, 0.25) is 0 Å². The zero-order chi connectivity index (χ0) is 11.7. The van der Waals surface area contributed by atoms with Crippen LogP contribution in [0.15, 0.2) is 24.3 Å². The quantitative estimate of drug-likeness (QED) is 0.647. The molecule has 0 radical (unpaired) electrons. The summed E-state index contributed by atoms with van der Waals surface area (Å²) in [5, 5.41) is 0. The molecule has 0 aliphatic heterocycles. The highest BCUT2D eigenvalue weighted by molar-refractivity contribution is 6.23. The van der Waals surface area contributed by atoms with Crippen molar-refractivity contribution in [1.82, 2.24) is 0 Å². The van der Waals surface area contributed by atoms with Crippen LogP contribution in [-0.4, -0.2) is 4.87 Å². The molecule has 0 aromatic heterocycles. The molecule has 0 amide bonds. The van der Waals surface area contributed by atoms with Crippen LogP contribution in [0.4, 0.5) is 0 Å². The summed E-state index contributed by atoms with van der Waals surface area (Å²) in [6, 6.07) is 8.78. The summed E-state index contributed by atoms with van der Waals surface area (Å²) in [6.07, 6.45) is 0.916. The summed E-state index contributed by atoms with van der Waals surface area (Å²) in [5.41, 5.74) is 2.91. The van der Waals surface area contributed by atoms with E-state index < -0.39 is 0 Å². The molecule has 1 heteroatoms. The van der Waals surface area contributed by atoms with Gasteiger partial charge in [-0.2, -0.15) is 0 Å². The normalized spacial score (nSPS) is 12.9. The highest BCUT2D eigenvalue weighted by atomic mass is 35.5. The van der Waals surface area contributed by atoms with Gasteiger partial charge in [0, 0.05) is 4.87 Å². The first kappa shape index (κ1) is 12.6. The maximum Gasteiger partial charge on any atom is 0.0430 e. The molecule has 0 saturated heterocycles. The number of benzene rings is 1. The minimum absolute atomic E-state index is 0.150. The molecule has 1 rings (SSSR count). The SMILES string of the molecule is CC(C)(Cl)Cc1ccc(C(C)(C)C)cc1. The van der Waals surface area contributed by atoms with E-state index in [0.717, 1.165) is 6.42 Å². The number of alkyl halides is 1. The van der Waals surface area contributed by atoms with Gasteiger partial charge >= 0.3 is 0 Å². The van der Waals surface area contributed by atoms with Crippen molar-refractivity contribution in [1.29, 1.82) is 0 Å². The molecular formula is C14H21Cl. The van der Waals surface area contributed by atoms with E-state index in [-0.39, 0.29) is 10.3 Å². The summed E-state index contributed by atoms with van der Waals surface area (Å²) < 4.78 is 0. The lowest BCUT2D eigenvalue weighted by Gasteiger charge is -2.20. The van der Waals surface area contributed by atoms with E-state index in [0.29, 0.717) is 0 Å². The van der Waals surface area contributed by atoms with Gasteiger partial charge in [0.1, 0.15) is 0 Å². The molecule has 15 heavy (non-hydrogen) atoms. The maximum atomic E-state index is 6.20. The second-order valence-corrected chi connectivity index (χ2v) is 6.87. The molecule has 0 bridgehead atoms. The van der Waals surface area contributed by atoms with Crippen molar-refractivity contribution in [3.63, 3.8) is 0 Å². The van der Waals surface area contributed by atoms with Gasteiger partial charge in [0.2, 0.25) is 0 Å². The van der Waals surface area contributed by atoms with Crippen molar-refractivity contribution in [3.05, 3.63) is 35.4 Å². The van der Waals surface area contributed by atoms with Gasteiger partial charge in [-0.1, -0.05) is 45.0 Å². The number of hydrogen-bond acceptors (Lipinski definition) is 0. The maximum absolute atomic E-state index is 6.20. The van der Waals surface area contributed by atoms with Crippen molar-refractivity contribution in [2.45, 2.75) is 51.3 Å². The van der Waals surface area contributed by atoms with Gasteiger partial charge in [0.25, 0.3) is 0 Å². The lowest BCUT2D eigenvalue weighted by Crippen LogP contribution is -2.15. The zero-order valence-electron chi connectivity index (χ0n) is 10.4. The molecule has 1 aromatic carbocycles. The van der Waals surface area contributed by atoms with E-state index in [1.807, 2.05) is 13.8 Å². The molecule has 0 atom stereocenters. The summed E-state index contributed by atoms with van der Waals surface area (Å²) in [7, 11) is 0. The first-order valence-electron chi connectivity index (χ1n) is 5.47. The highest BCUT2D eigenvalue weighted by Gasteiger charge is 2.16. The van der Waals surface area contributed by atoms with Crippen molar-refractivity contribution < 1.29 is 0 Å². The van der Waals surface area contributed by atoms with Crippen LogP contribution in [0.3, 0.4) is 0 Å². The zero-order valence-corrected chi connectivity index (χ0v) is 11.2. The van der Waals surface area contributed by atoms with Gasteiger partial charge in [-0.25, -0.2) is 0 Å². The standard InChI is InChI=1S/C14H21Cl/c1-13(2,3)12-8-6-11(7-9-12)10-14(4,5)15/h6-9H,10H2,1-5H3. The van der Waals surface area contributed by atoms with Gasteiger partial charge in [-0.3, -0.25) is 0 Å². The van der Waals surface area contributed by atoms with E-state index >= 15 is 0 Å². The molecule has 0 unspecified atom stereocenters. The smallest absolute Gasteiger partial charge is 0.0430 e. The summed E-state index contributed by atoms with van der Waals surface area (Å²) >= 11 is 6.20. The van der Waals surface area contributed by atoms with Crippen LogP contribution >= 0.6 is 11.6 Å². The third kappa shape index (κ3) is 4.25. The summed E-state index contributed by atoms with van der Waals surface area (Å²) in [6.45, 7) is 10.8. The second-order valence-electron chi connectivity index (χ2n) is 5.84. The Morgan fingerprint density at radius 1 is 0.933 bits per heavy atom. The molecule has 1 aromatic rings. The predicted octanol–water partition coefficient (Wildman–Crippen LogP) is 4.54. The Balaban J connectivity index is 2.82. The third-order valence-corrected chi connectivity index (χ3v) is 2.58. The number of rotatable bonds is 2. The average Bonchev–Trinajstić information content (AvgIpc) is 2.00. The fourth-order valence-electron chi connectivity index (χ4n) is 1.61. The van der Waals surface area contributed by atoms with Gasteiger partial charge < -0.3 is 0 Å². The van der Waals surface area contributed by atoms with E-state index in [2.05, 4.69) is 45.0 Å². The molecule has 0 nitrogen and oxygen atoms in total. The van der Waals surface area contributed by atoms with E-state index in [9.17, 15) is 0 Å². The average molecular weight is 225 g/mol. The molecule has 84 valence electrons. The second kappa shape index (κ2) is 4.17. The van der Waals surface area contributed by atoms with Crippen molar-refractivity contribution >= 4 is 11.6 Å². The van der Waals surface area contributed by atoms with Crippen LogP contribution in [0.5, 0.6) is 0 Å². The minimum Gasteiger partial charge on any atom is -0.120 e. The van der Waals surface area contributed by atoms with Gasteiger partial charge in [-0.05, 0) is 36.8 Å². The molecule has 0 aliphatic carbocycles. The molecule has 0 heterocycles. The fourth-order valence-corrected chi connectivity index (χ4v) is 1.76. The van der Waals surface area contributed by atoms with E-state index in [1.165, 1.54) is 11.1 Å². The Kier molecular flexibility index (Phi) is 3.50. The van der Waals surface area contributed by atoms with Crippen LogP contribution in [0.1, 0.15) is 45.7 Å². The Hall–Kier alpha value is -0.490. The number of halogens is 1. The third-order valence-electron chi connectivity index (χ3n) is 2.44. The summed E-state index contributed by atoms with van der Waals surface area (Å²) in [4.78, 5) is -0.150. The Morgan fingerprint density at radius 2 is 1.40 bits per heavy atom. The van der Waals surface area contributed by atoms with Gasteiger partial charge in [-0.15, -0.1) is 11.6 Å². The largest absolute Gasteiger partial charge is 0.120 e.